The predicted molar refractivity (Wildman–Crippen MR) is 95.7 cm³/mol. The van der Waals surface area contributed by atoms with E-state index in [2.05, 4.69) is 5.32 Å². The van der Waals surface area contributed by atoms with Gasteiger partial charge in [-0.15, -0.1) is 11.3 Å². The molecule has 140 valence electrons. The summed E-state index contributed by atoms with van der Waals surface area (Å²) in [5.74, 6) is -0.299. The van der Waals surface area contributed by atoms with Crippen molar-refractivity contribution in [3.05, 3.63) is 46.2 Å². The lowest BCUT2D eigenvalue weighted by Crippen LogP contribution is -2.36. The lowest BCUT2D eigenvalue weighted by molar-refractivity contribution is -0.137. The fourth-order valence-electron chi connectivity index (χ4n) is 2.80. The lowest BCUT2D eigenvalue weighted by Gasteiger charge is -2.31. The summed E-state index contributed by atoms with van der Waals surface area (Å²) in [6.45, 7) is 2.16. The van der Waals surface area contributed by atoms with E-state index in [4.69, 9.17) is 4.74 Å². The summed E-state index contributed by atoms with van der Waals surface area (Å²) in [7, 11) is 0. The highest BCUT2D eigenvalue weighted by Gasteiger charge is 2.31. The van der Waals surface area contributed by atoms with Crippen LogP contribution in [-0.4, -0.2) is 32.2 Å². The van der Waals surface area contributed by atoms with Crippen LogP contribution in [0.3, 0.4) is 0 Å². The summed E-state index contributed by atoms with van der Waals surface area (Å²) in [5, 5.41) is 4.59. The van der Waals surface area contributed by atoms with Gasteiger partial charge >= 0.3 is 6.18 Å². The molecular weight excluding hydrogens is 365 g/mol. The monoisotopic (exact) mass is 384 g/mol. The molecule has 0 spiro atoms. The largest absolute Gasteiger partial charge is 0.416 e. The number of carbonyl (C=O) groups excluding carboxylic acids is 1. The van der Waals surface area contributed by atoms with Gasteiger partial charge in [0.05, 0.1) is 30.2 Å². The number of anilines is 2. The Bertz CT molecular complexity index is 741. The Balaban J connectivity index is 1.78. The second-order valence-electron chi connectivity index (χ2n) is 5.96. The normalized spacial score (nSPS) is 15.1. The molecule has 2 aromatic rings. The Morgan fingerprint density at radius 3 is 2.65 bits per heavy atom. The Kier molecular flexibility index (Phi) is 5.83. The van der Waals surface area contributed by atoms with Crippen LogP contribution in [0.25, 0.3) is 0 Å². The SMILES string of the molecule is O=C(CCc1cccs1)Nc1cc(C(F)(F)F)ccc1N1CCOCC1. The number of ether oxygens (including phenoxy) is 1. The molecule has 1 amide bonds. The fraction of sp³-hybridized carbons (Fsp3) is 0.389. The molecule has 1 saturated heterocycles. The van der Waals surface area contributed by atoms with Crippen LogP contribution in [0.15, 0.2) is 35.7 Å². The fourth-order valence-corrected chi connectivity index (χ4v) is 3.51. The Morgan fingerprint density at radius 2 is 2.00 bits per heavy atom. The van der Waals surface area contributed by atoms with Crippen LogP contribution in [-0.2, 0) is 22.1 Å². The van der Waals surface area contributed by atoms with E-state index in [0.29, 0.717) is 38.4 Å². The van der Waals surface area contributed by atoms with Crippen molar-refractivity contribution in [3.8, 4) is 0 Å². The van der Waals surface area contributed by atoms with Gasteiger partial charge in [-0.1, -0.05) is 6.07 Å². The van der Waals surface area contributed by atoms with E-state index in [9.17, 15) is 18.0 Å². The Hall–Kier alpha value is -2.06. The summed E-state index contributed by atoms with van der Waals surface area (Å²) >= 11 is 1.55. The minimum absolute atomic E-state index is 0.193. The number of alkyl halides is 3. The summed E-state index contributed by atoms with van der Waals surface area (Å²) in [5.41, 5.74) is 0.00624. The maximum absolute atomic E-state index is 13.1. The first kappa shape index (κ1) is 18.7. The van der Waals surface area contributed by atoms with Gasteiger partial charge < -0.3 is 15.0 Å². The van der Waals surface area contributed by atoms with Gasteiger partial charge in [-0.05, 0) is 36.1 Å². The smallest absolute Gasteiger partial charge is 0.378 e. The van der Waals surface area contributed by atoms with Gasteiger partial charge in [0.2, 0.25) is 5.91 Å². The van der Waals surface area contributed by atoms with Gasteiger partial charge in [-0.3, -0.25) is 4.79 Å². The molecule has 1 aromatic carbocycles. The van der Waals surface area contributed by atoms with E-state index >= 15 is 0 Å². The molecule has 0 aliphatic carbocycles. The topological polar surface area (TPSA) is 41.6 Å². The third kappa shape index (κ3) is 4.76. The van der Waals surface area contributed by atoms with Gasteiger partial charge in [0.1, 0.15) is 0 Å². The lowest BCUT2D eigenvalue weighted by atomic mass is 10.1. The van der Waals surface area contributed by atoms with Crippen LogP contribution in [0.1, 0.15) is 16.9 Å². The highest BCUT2D eigenvalue weighted by molar-refractivity contribution is 7.09. The van der Waals surface area contributed by atoms with Crippen LogP contribution in [0.4, 0.5) is 24.5 Å². The number of aryl methyl sites for hydroxylation is 1. The molecule has 2 heterocycles. The molecule has 1 aliphatic heterocycles. The number of amides is 1. The average Bonchev–Trinajstić information content (AvgIpc) is 3.13. The number of hydrogen-bond donors (Lipinski definition) is 1. The molecule has 1 N–H and O–H groups in total. The number of carbonyl (C=O) groups is 1. The number of benzene rings is 1. The van der Waals surface area contributed by atoms with E-state index in [1.54, 1.807) is 11.3 Å². The third-order valence-electron chi connectivity index (χ3n) is 4.13. The first-order valence-electron chi connectivity index (χ1n) is 8.29. The molecule has 1 aromatic heterocycles. The van der Waals surface area contributed by atoms with Gasteiger partial charge in [0.15, 0.2) is 0 Å². The average molecular weight is 384 g/mol. The Labute approximate surface area is 153 Å². The minimum Gasteiger partial charge on any atom is -0.378 e. The number of nitrogens with zero attached hydrogens (tertiary/aromatic N) is 1. The van der Waals surface area contributed by atoms with Crippen molar-refractivity contribution in [1.82, 2.24) is 0 Å². The third-order valence-corrected chi connectivity index (χ3v) is 5.06. The van der Waals surface area contributed by atoms with E-state index in [0.717, 1.165) is 17.0 Å². The van der Waals surface area contributed by atoms with Crippen LogP contribution in [0.2, 0.25) is 0 Å². The second kappa shape index (κ2) is 8.09. The highest BCUT2D eigenvalue weighted by Crippen LogP contribution is 2.35. The van der Waals surface area contributed by atoms with Crippen LogP contribution >= 0.6 is 11.3 Å². The number of halogens is 3. The first-order chi connectivity index (χ1) is 12.4. The Morgan fingerprint density at radius 1 is 1.23 bits per heavy atom. The number of thiophene rings is 1. The van der Waals surface area contributed by atoms with Crippen LogP contribution in [0, 0.1) is 0 Å². The van der Waals surface area contributed by atoms with Crippen LogP contribution < -0.4 is 10.2 Å². The molecule has 0 atom stereocenters. The highest BCUT2D eigenvalue weighted by atomic mass is 32.1. The zero-order valence-corrected chi connectivity index (χ0v) is 14.8. The summed E-state index contributed by atoms with van der Waals surface area (Å²) in [4.78, 5) is 15.3. The second-order valence-corrected chi connectivity index (χ2v) is 6.99. The molecule has 0 unspecified atom stereocenters. The first-order valence-corrected chi connectivity index (χ1v) is 9.17. The molecule has 0 radical (unpaired) electrons. The zero-order chi connectivity index (χ0) is 18.6. The van der Waals surface area contributed by atoms with Gasteiger partial charge in [-0.25, -0.2) is 0 Å². The summed E-state index contributed by atoms with van der Waals surface area (Å²) in [6.07, 6.45) is -3.67. The minimum atomic E-state index is -4.46. The zero-order valence-electron chi connectivity index (χ0n) is 14.0. The molecule has 26 heavy (non-hydrogen) atoms. The van der Waals surface area contributed by atoms with Gasteiger partial charge in [0, 0.05) is 24.4 Å². The van der Waals surface area contributed by atoms with Crippen molar-refractivity contribution in [1.29, 1.82) is 0 Å². The number of nitrogens with one attached hydrogen (secondary N) is 1. The standard InChI is InChI=1S/C18H19F3N2O2S/c19-18(20,21)13-3-5-16(23-7-9-25-10-8-23)15(12-13)22-17(24)6-4-14-2-1-11-26-14/h1-3,5,11-12H,4,6-10H2,(H,22,24). The molecule has 1 fully saturated rings. The molecule has 0 bridgehead atoms. The summed E-state index contributed by atoms with van der Waals surface area (Å²) in [6, 6.07) is 7.31. The molecule has 4 nitrogen and oxygen atoms in total. The molecule has 3 rings (SSSR count). The maximum Gasteiger partial charge on any atom is 0.416 e. The molecule has 8 heteroatoms. The van der Waals surface area contributed by atoms with Crippen LogP contribution in [0.5, 0.6) is 0 Å². The van der Waals surface area contributed by atoms with E-state index in [1.165, 1.54) is 6.07 Å². The van der Waals surface area contributed by atoms with Gasteiger partial charge in [-0.2, -0.15) is 13.2 Å². The molecule has 0 saturated carbocycles. The number of rotatable bonds is 5. The van der Waals surface area contributed by atoms with E-state index in [1.807, 2.05) is 22.4 Å². The number of morpholine rings is 1. The predicted octanol–water partition coefficient (Wildman–Crippen LogP) is 4.17. The van der Waals surface area contributed by atoms with Crippen molar-refractivity contribution < 1.29 is 22.7 Å². The molecular formula is C18H19F3N2O2S. The van der Waals surface area contributed by atoms with Crippen molar-refractivity contribution in [2.24, 2.45) is 0 Å². The van der Waals surface area contributed by atoms with E-state index in [-0.39, 0.29) is 18.0 Å². The van der Waals surface area contributed by atoms with Crippen molar-refractivity contribution in [2.45, 2.75) is 19.0 Å². The summed E-state index contributed by atoms with van der Waals surface area (Å²) < 4.78 is 44.5. The maximum atomic E-state index is 13.1. The van der Waals surface area contributed by atoms with Crippen molar-refractivity contribution in [3.63, 3.8) is 0 Å². The van der Waals surface area contributed by atoms with Crippen molar-refractivity contribution in [2.75, 3.05) is 36.5 Å². The molecule has 1 aliphatic rings. The quantitative estimate of drug-likeness (QED) is 0.841. The van der Waals surface area contributed by atoms with Crippen molar-refractivity contribution >= 4 is 28.6 Å². The van der Waals surface area contributed by atoms with Gasteiger partial charge in [0.25, 0.3) is 0 Å². The number of hydrogen-bond acceptors (Lipinski definition) is 4. The van der Waals surface area contributed by atoms with E-state index < -0.39 is 11.7 Å².